The van der Waals surface area contributed by atoms with Crippen LogP contribution in [-0.4, -0.2) is 27.2 Å². The van der Waals surface area contributed by atoms with Gasteiger partial charge in [-0.3, -0.25) is 4.79 Å². The Balaban J connectivity index is 1.81. The number of rotatable bonds is 5. The van der Waals surface area contributed by atoms with Gasteiger partial charge in [-0.2, -0.15) is 0 Å². The number of ether oxygens (including phenoxy) is 3. The normalized spacial score (nSPS) is 15.5. The van der Waals surface area contributed by atoms with E-state index in [9.17, 15) is 4.79 Å². The molecule has 5 nitrogen and oxygen atoms in total. The van der Waals surface area contributed by atoms with Crippen LogP contribution in [0.25, 0.3) is 11.1 Å². The Kier molecular flexibility index (Phi) is 4.96. The van der Waals surface area contributed by atoms with Crippen molar-refractivity contribution in [2.75, 3.05) is 26.6 Å². The van der Waals surface area contributed by atoms with Gasteiger partial charge in [-0.05, 0) is 23.8 Å². The molecule has 0 fully saturated rings. The van der Waals surface area contributed by atoms with Gasteiger partial charge in [-0.25, -0.2) is 0 Å². The molecular weight excluding hydrogens is 374 g/mol. The summed E-state index contributed by atoms with van der Waals surface area (Å²) >= 11 is 1.65. The molecule has 3 aromatic rings. The van der Waals surface area contributed by atoms with Gasteiger partial charge in [0.25, 0.3) is 0 Å². The summed E-state index contributed by atoms with van der Waals surface area (Å²) in [6, 6.07) is 13.7. The molecule has 144 valence electrons. The van der Waals surface area contributed by atoms with E-state index in [1.54, 1.807) is 32.7 Å². The zero-order valence-corrected chi connectivity index (χ0v) is 16.8. The van der Waals surface area contributed by atoms with E-state index >= 15 is 0 Å². The Morgan fingerprint density at radius 3 is 2.43 bits per heavy atom. The standard InChI is InChI=1S/C22H21NO4S/c1-25-17-7-5-4-6-14(17)16-12-28-22-15(11-20(24)23-21(16)22)13-8-9-18(26-2)19(10-13)27-3/h4-10,12,15H,11H2,1-3H3,(H,23,24)/t15-/m1/s1. The topological polar surface area (TPSA) is 56.8 Å². The first kappa shape index (κ1) is 18.4. The maximum absolute atomic E-state index is 12.5. The molecule has 0 bridgehead atoms. The number of carbonyl (C=O) groups is 1. The number of thiophene rings is 1. The lowest BCUT2D eigenvalue weighted by molar-refractivity contribution is -0.116. The fraction of sp³-hybridized carbons (Fsp3) is 0.227. The minimum Gasteiger partial charge on any atom is -0.496 e. The molecule has 1 N–H and O–H groups in total. The van der Waals surface area contributed by atoms with E-state index in [0.29, 0.717) is 17.9 Å². The third-order valence-electron chi connectivity index (χ3n) is 5.00. The number of amides is 1. The maximum Gasteiger partial charge on any atom is 0.225 e. The van der Waals surface area contributed by atoms with Gasteiger partial charge in [0.1, 0.15) is 5.75 Å². The van der Waals surface area contributed by atoms with E-state index in [0.717, 1.165) is 33.0 Å². The first-order valence-corrected chi connectivity index (χ1v) is 9.80. The number of nitrogens with one attached hydrogen (secondary N) is 1. The van der Waals surface area contributed by atoms with Crippen LogP contribution in [0.15, 0.2) is 47.8 Å². The molecule has 1 aliphatic rings. The van der Waals surface area contributed by atoms with Crippen LogP contribution in [0.3, 0.4) is 0 Å². The molecule has 2 heterocycles. The summed E-state index contributed by atoms with van der Waals surface area (Å²) in [6.45, 7) is 0. The molecule has 0 radical (unpaired) electrons. The fourth-order valence-electron chi connectivity index (χ4n) is 3.63. The van der Waals surface area contributed by atoms with Crippen LogP contribution in [0.4, 0.5) is 5.69 Å². The highest BCUT2D eigenvalue weighted by Crippen LogP contribution is 2.49. The van der Waals surface area contributed by atoms with Gasteiger partial charge >= 0.3 is 0 Å². The summed E-state index contributed by atoms with van der Waals surface area (Å²) in [5.41, 5.74) is 3.85. The van der Waals surface area contributed by atoms with Crippen molar-refractivity contribution in [3.05, 3.63) is 58.3 Å². The largest absolute Gasteiger partial charge is 0.496 e. The minimum absolute atomic E-state index is 0.00170. The monoisotopic (exact) mass is 395 g/mol. The summed E-state index contributed by atoms with van der Waals surface area (Å²) in [4.78, 5) is 13.7. The molecule has 0 saturated heterocycles. The van der Waals surface area contributed by atoms with E-state index in [1.165, 1.54) is 0 Å². The van der Waals surface area contributed by atoms with Gasteiger partial charge in [0.05, 0.1) is 27.0 Å². The van der Waals surface area contributed by atoms with E-state index < -0.39 is 0 Å². The number of benzene rings is 2. The number of hydrogen-bond donors (Lipinski definition) is 1. The van der Waals surface area contributed by atoms with Crippen LogP contribution < -0.4 is 19.5 Å². The molecule has 4 rings (SSSR count). The number of fused-ring (bicyclic) bond motifs is 1. The lowest BCUT2D eigenvalue weighted by Gasteiger charge is -2.24. The number of hydrogen-bond acceptors (Lipinski definition) is 5. The smallest absolute Gasteiger partial charge is 0.225 e. The quantitative estimate of drug-likeness (QED) is 0.667. The summed E-state index contributed by atoms with van der Waals surface area (Å²) in [5.74, 6) is 2.09. The van der Waals surface area contributed by atoms with Crippen molar-refractivity contribution in [3.8, 4) is 28.4 Å². The molecule has 0 saturated carbocycles. The maximum atomic E-state index is 12.5. The average molecular weight is 395 g/mol. The van der Waals surface area contributed by atoms with Gasteiger partial charge in [-0.1, -0.05) is 24.3 Å². The Morgan fingerprint density at radius 1 is 0.929 bits per heavy atom. The second kappa shape index (κ2) is 7.56. The van der Waals surface area contributed by atoms with Crippen molar-refractivity contribution in [1.29, 1.82) is 0 Å². The lowest BCUT2D eigenvalue weighted by Crippen LogP contribution is -2.22. The Morgan fingerprint density at radius 2 is 1.68 bits per heavy atom. The highest BCUT2D eigenvalue weighted by atomic mass is 32.1. The summed E-state index contributed by atoms with van der Waals surface area (Å²) in [5, 5.41) is 5.15. The van der Waals surface area contributed by atoms with Crippen LogP contribution >= 0.6 is 11.3 Å². The van der Waals surface area contributed by atoms with Crippen molar-refractivity contribution < 1.29 is 19.0 Å². The van der Waals surface area contributed by atoms with E-state index in [4.69, 9.17) is 14.2 Å². The highest BCUT2D eigenvalue weighted by molar-refractivity contribution is 7.11. The third kappa shape index (κ3) is 3.10. The number of carbonyl (C=O) groups excluding carboxylic acids is 1. The SMILES string of the molecule is COc1ccc([C@H]2CC(=O)Nc3c(-c4ccccc4OC)csc32)cc1OC. The minimum atomic E-state index is -0.0305. The van der Waals surface area contributed by atoms with Gasteiger partial charge in [-0.15, -0.1) is 11.3 Å². The Hall–Kier alpha value is -2.99. The summed E-state index contributed by atoms with van der Waals surface area (Å²) in [7, 11) is 4.89. The molecule has 2 aromatic carbocycles. The van der Waals surface area contributed by atoms with Crippen molar-refractivity contribution >= 4 is 22.9 Å². The van der Waals surface area contributed by atoms with Crippen molar-refractivity contribution in [2.24, 2.45) is 0 Å². The summed E-state index contributed by atoms with van der Waals surface area (Å²) in [6.07, 6.45) is 0.397. The predicted octanol–water partition coefficient (Wildman–Crippen LogP) is 4.92. The molecule has 6 heteroatoms. The first-order chi connectivity index (χ1) is 13.7. The van der Waals surface area contributed by atoms with E-state index in [2.05, 4.69) is 10.7 Å². The highest BCUT2D eigenvalue weighted by Gasteiger charge is 2.31. The van der Waals surface area contributed by atoms with Gasteiger partial charge in [0.2, 0.25) is 5.91 Å². The van der Waals surface area contributed by atoms with Crippen LogP contribution in [-0.2, 0) is 4.79 Å². The molecule has 1 aliphatic heterocycles. The van der Waals surface area contributed by atoms with Gasteiger partial charge in [0, 0.05) is 33.7 Å². The Labute approximate surface area is 167 Å². The molecule has 0 spiro atoms. The van der Waals surface area contributed by atoms with Crippen LogP contribution in [0.1, 0.15) is 22.8 Å². The lowest BCUT2D eigenvalue weighted by atomic mass is 9.89. The molecular formula is C22H21NO4S. The molecule has 1 atom stereocenters. The second-order valence-electron chi connectivity index (χ2n) is 6.51. The van der Waals surface area contributed by atoms with Crippen LogP contribution in [0.5, 0.6) is 17.2 Å². The predicted molar refractivity (Wildman–Crippen MR) is 111 cm³/mol. The van der Waals surface area contributed by atoms with Gasteiger partial charge in [0.15, 0.2) is 11.5 Å². The molecule has 28 heavy (non-hydrogen) atoms. The molecule has 1 aromatic heterocycles. The van der Waals surface area contributed by atoms with E-state index in [-0.39, 0.29) is 11.8 Å². The number of para-hydroxylation sites is 1. The Bertz CT molecular complexity index is 1030. The second-order valence-corrected chi connectivity index (χ2v) is 7.42. The molecule has 1 amide bonds. The van der Waals surface area contributed by atoms with Crippen molar-refractivity contribution in [3.63, 3.8) is 0 Å². The third-order valence-corrected chi connectivity index (χ3v) is 6.09. The van der Waals surface area contributed by atoms with E-state index in [1.807, 2.05) is 42.5 Å². The van der Waals surface area contributed by atoms with Crippen molar-refractivity contribution in [1.82, 2.24) is 0 Å². The van der Waals surface area contributed by atoms with Crippen LogP contribution in [0, 0.1) is 0 Å². The molecule has 0 aliphatic carbocycles. The fourth-order valence-corrected chi connectivity index (χ4v) is 4.78. The number of methoxy groups -OCH3 is 3. The molecule has 0 unspecified atom stereocenters. The zero-order valence-electron chi connectivity index (χ0n) is 15.9. The number of anilines is 1. The average Bonchev–Trinajstić information content (AvgIpc) is 3.16. The summed E-state index contributed by atoms with van der Waals surface area (Å²) < 4.78 is 16.3. The zero-order chi connectivity index (χ0) is 19.7. The van der Waals surface area contributed by atoms with Crippen molar-refractivity contribution in [2.45, 2.75) is 12.3 Å². The first-order valence-electron chi connectivity index (χ1n) is 8.92. The van der Waals surface area contributed by atoms with Crippen LogP contribution in [0.2, 0.25) is 0 Å². The van der Waals surface area contributed by atoms with Gasteiger partial charge < -0.3 is 19.5 Å².